The van der Waals surface area contributed by atoms with E-state index in [0.717, 1.165) is 6.07 Å². The van der Waals surface area contributed by atoms with Crippen molar-refractivity contribution in [1.82, 2.24) is 35.0 Å². The Hall–Kier alpha value is -5.14. The number of amides is 2. The number of nitrogens with one attached hydrogen (secondary N) is 2. The van der Waals surface area contributed by atoms with Gasteiger partial charge in [-0.3, -0.25) is 9.59 Å². The predicted molar refractivity (Wildman–Crippen MR) is 131 cm³/mol. The monoisotopic (exact) mass is 536 g/mol. The highest BCUT2D eigenvalue weighted by molar-refractivity contribution is 6.02. The Kier molecular flexibility index (Phi) is 6.52. The topological polar surface area (TPSA) is 140 Å². The number of carbonyl (C=O) groups is 2. The lowest BCUT2D eigenvalue weighted by atomic mass is 10.1. The second-order valence-electron chi connectivity index (χ2n) is 8.56. The van der Waals surface area contributed by atoms with Gasteiger partial charge in [0.25, 0.3) is 11.8 Å². The van der Waals surface area contributed by atoms with Crippen LogP contribution in [0.5, 0.6) is 0 Å². The summed E-state index contributed by atoms with van der Waals surface area (Å²) in [6, 6.07) is 5.77. The third-order valence-electron chi connectivity index (χ3n) is 5.82. The molecule has 0 radical (unpaired) electrons. The molecule has 0 saturated carbocycles. The Morgan fingerprint density at radius 2 is 1.90 bits per heavy atom. The van der Waals surface area contributed by atoms with E-state index in [2.05, 4.69) is 35.8 Å². The van der Waals surface area contributed by atoms with Gasteiger partial charge in [-0.2, -0.15) is 18.3 Å². The van der Waals surface area contributed by atoms with Gasteiger partial charge in [-0.25, -0.2) is 19.5 Å². The summed E-state index contributed by atoms with van der Waals surface area (Å²) in [4.78, 5) is 37.8. The summed E-state index contributed by atoms with van der Waals surface area (Å²) < 4.78 is 46.0. The van der Waals surface area contributed by atoms with Crippen molar-refractivity contribution in [2.45, 2.75) is 26.1 Å². The molecule has 198 valence electrons. The molecule has 0 saturated heterocycles. The molecule has 39 heavy (non-hydrogen) atoms. The molecule has 0 aliphatic carbocycles. The van der Waals surface area contributed by atoms with Crippen LogP contribution < -0.4 is 10.6 Å². The number of halogens is 3. The van der Waals surface area contributed by atoms with Crippen LogP contribution in [0.15, 0.2) is 66.0 Å². The second-order valence-corrected chi connectivity index (χ2v) is 8.56. The molecule has 1 aromatic carbocycles. The lowest BCUT2D eigenvalue weighted by Crippen LogP contribution is -2.26. The fourth-order valence-corrected chi connectivity index (χ4v) is 3.77. The molecule has 5 rings (SSSR count). The van der Waals surface area contributed by atoms with Crippen LogP contribution in [-0.2, 0) is 6.18 Å². The van der Waals surface area contributed by atoms with Crippen LogP contribution >= 0.6 is 0 Å². The fourth-order valence-electron chi connectivity index (χ4n) is 3.77. The Labute approximate surface area is 218 Å². The molecule has 2 amide bonds. The first-order valence-corrected chi connectivity index (χ1v) is 11.5. The molecule has 11 nitrogen and oxygen atoms in total. The Morgan fingerprint density at radius 1 is 1.08 bits per heavy atom. The highest BCUT2D eigenvalue weighted by Crippen LogP contribution is 2.33. The van der Waals surface area contributed by atoms with Crippen molar-refractivity contribution in [3.05, 3.63) is 89.6 Å². The summed E-state index contributed by atoms with van der Waals surface area (Å²) in [5, 5.41) is 13.1. The smallest absolute Gasteiger partial charge is 0.351 e. The minimum atomic E-state index is -4.56. The summed E-state index contributed by atoms with van der Waals surface area (Å²) >= 11 is 0. The molecule has 1 atom stereocenters. The van der Waals surface area contributed by atoms with Gasteiger partial charge in [0.05, 0.1) is 23.5 Å². The van der Waals surface area contributed by atoms with E-state index in [0.29, 0.717) is 16.9 Å². The molecular formula is C25H19F3N8O3. The Balaban J connectivity index is 1.27. The van der Waals surface area contributed by atoms with Gasteiger partial charge in [-0.1, -0.05) is 11.2 Å². The normalized spacial score (nSPS) is 12.3. The quantitative estimate of drug-likeness (QED) is 0.328. The average molecular weight is 536 g/mol. The molecule has 2 N–H and O–H groups in total. The van der Waals surface area contributed by atoms with Crippen LogP contribution in [0.2, 0.25) is 0 Å². The molecule has 0 aliphatic rings. The second kappa shape index (κ2) is 9.96. The number of hydrogen-bond acceptors (Lipinski definition) is 8. The first kappa shape index (κ1) is 25.5. The summed E-state index contributed by atoms with van der Waals surface area (Å²) in [5.74, 6) is -1.53. The third-order valence-corrected chi connectivity index (χ3v) is 5.82. The van der Waals surface area contributed by atoms with E-state index in [4.69, 9.17) is 4.52 Å². The lowest BCUT2D eigenvalue weighted by molar-refractivity contribution is -0.138. The summed E-state index contributed by atoms with van der Waals surface area (Å²) in [6.45, 7) is 2.95. The van der Waals surface area contributed by atoms with E-state index in [9.17, 15) is 22.8 Å². The van der Waals surface area contributed by atoms with Crippen molar-refractivity contribution in [3.63, 3.8) is 0 Å². The number of hydrogen-bond donors (Lipinski definition) is 2. The van der Waals surface area contributed by atoms with Crippen LogP contribution in [0.3, 0.4) is 0 Å². The Bertz CT molecular complexity index is 1680. The molecule has 0 spiro atoms. The van der Waals surface area contributed by atoms with Crippen LogP contribution in [-0.4, -0.2) is 41.5 Å². The first-order valence-electron chi connectivity index (χ1n) is 11.5. The zero-order valence-electron chi connectivity index (χ0n) is 20.4. The number of nitrogens with zero attached hydrogens (tertiary/aromatic N) is 6. The summed E-state index contributed by atoms with van der Waals surface area (Å²) in [7, 11) is 0. The van der Waals surface area contributed by atoms with Crippen molar-refractivity contribution >= 4 is 23.1 Å². The number of aromatic nitrogens is 6. The number of aryl methyl sites for hydroxylation is 1. The van der Waals surface area contributed by atoms with Crippen molar-refractivity contribution in [1.29, 1.82) is 0 Å². The fraction of sp³-hybridized carbons (Fsp3) is 0.160. The highest BCUT2D eigenvalue weighted by atomic mass is 19.4. The van der Waals surface area contributed by atoms with Crippen LogP contribution in [0.1, 0.15) is 50.7 Å². The van der Waals surface area contributed by atoms with Crippen LogP contribution in [0.4, 0.5) is 18.9 Å². The van der Waals surface area contributed by atoms with E-state index < -0.39 is 29.6 Å². The molecule has 0 bridgehead atoms. The number of anilines is 1. The van der Waals surface area contributed by atoms with Gasteiger partial charge in [-0.05, 0) is 37.6 Å². The molecule has 0 aliphatic heterocycles. The van der Waals surface area contributed by atoms with Gasteiger partial charge in [-0.15, -0.1) is 0 Å². The summed E-state index contributed by atoms with van der Waals surface area (Å²) in [5.41, 5.74) is 1.18. The van der Waals surface area contributed by atoms with Crippen molar-refractivity contribution in [2.75, 3.05) is 5.32 Å². The van der Waals surface area contributed by atoms with Gasteiger partial charge in [0.15, 0.2) is 5.65 Å². The minimum absolute atomic E-state index is 0.0274. The third kappa shape index (κ3) is 5.30. The van der Waals surface area contributed by atoms with Crippen molar-refractivity contribution in [2.24, 2.45) is 0 Å². The minimum Gasteiger partial charge on any atom is -0.351 e. The zero-order chi connectivity index (χ0) is 27.7. The van der Waals surface area contributed by atoms with Crippen LogP contribution in [0.25, 0.3) is 16.9 Å². The number of alkyl halides is 3. The molecule has 5 aromatic rings. The largest absolute Gasteiger partial charge is 0.416 e. The molecule has 0 fully saturated rings. The number of benzene rings is 1. The van der Waals surface area contributed by atoms with E-state index in [1.54, 1.807) is 31.6 Å². The van der Waals surface area contributed by atoms with Crippen molar-refractivity contribution in [3.8, 4) is 11.3 Å². The number of carbonyl (C=O) groups excluding carboxylic acids is 2. The summed E-state index contributed by atoms with van der Waals surface area (Å²) in [6.07, 6.45) is 3.06. The SMILES string of the molecule is Cc1ccc(NC(=O)c2cc([C@@H](C)NC(=O)c3cnn4cc(-c5ccncn5)cnc34)no2)cc1C(F)(F)F. The molecule has 0 unspecified atom stereocenters. The Morgan fingerprint density at radius 3 is 2.64 bits per heavy atom. The average Bonchev–Trinajstić information content (AvgIpc) is 3.57. The van der Waals surface area contributed by atoms with E-state index in [-0.39, 0.29) is 28.3 Å². The first-order chi connectivity index (χ1) is 18.6. The zero-order valence-corrected chi connectivity index (χ0v) is 20.4. The molecule has 4 heterocycles. The standard InChI is InChI=1S/C25H19F3N8O3/c1-13-3-4-16(7-18(13)25(26,27)28)34-24(38)21-8-20(35-39-21)14(2)33-23(37)17-10-32-36-11-15(9-30-22(17)36)19-5-6-29-12-31-19/h3-12,14H,1-2H3,(H,33,37)(H,34,38)/t14-/m1/s1. The van der Waals surface area contributed by atoms with Gasteiger partial charge < -0.3 is 15.2 Å². The molecule has 14 heteroatoms. The molecule has 4 aromatic heterocycles. The maximum Gasteiger partial charge on any atom is 0.416 e. The van der Waals surface area contributed by atoms with E-state index in [1.165, 1.54) is 42.2 Å². The van der Waals surface area contributed by atoms with E-state index >= 15 is 0 Å². The van der Waals surface area contributed by atoms with Gasteiger partial charge >= 0.3 is 6.18 Å². The number of fused-ring (bicyclic) bond motifs is 1. The van der Waals surface area contributed by atoms with E-state index in [1.807, 2.05) is 0 Å². The van der Waals surface area contributed by atoms with Crippen LogP contribution in [0, 0.1) is 6.92 Å². The predicted octanol–water partition coefficient (Wildman–Crippen LogP) is 4.24. The van der Waals surface area contributed by atoms with Gasteiger partial charge in [0.2, 0.25) is 5.76 Å². The maximum absolute atomic E-state index is 13.2. The van der Waals surface area contributed by atoms with Gasteiger partial charge in [0, 0.05) is 35.9 Å². The lowest BCUT2D eigenvalue weighted by Gasteiger charge is -2.12. The van der Waals surface area contributed by atoms with Crippen molar-refractivity contribution < 1.29 is 27.3 Å². The van der Waals surface area contributed by atoms with Gasteiger partial charge in [0.1, 0.15) is 17.6 Å². The number of rotatable bonds is 6. The molecular weight excluding hydrogens is 517 g/mol. The maximum atomic E-state index is 13.2. The highest BCUT2D eigenvalue weighted by Gasteiger charge is 2.32.